The third-order valence-electron chi connectivity index (χ3n) is 7.05. The molecule has 0 bridgehead atoms. The molecule has 5 aromatic carbocycles. The van der Waals surface area contributed by atoms with Crippen LogP contribution >= 0.6 is 0 Å². The van der Waals surface area contributed by atoms with E-state index in [-0.39, 0.29) is 5.70 Å². The average Bonchev–Trinajstić information content (AvgIpc) is 3.01. The van der Waals surface area contributed by atoms with Crippen LogP contribution < -0.4 is 4.90 Å². The fourth-order valence-corrected chi connectivity index (χ4v) is 4.69. The van der Waals surface area contributed by atoms with E-state index in [0.717, 1.165) is 33.8 Å². The van der Waals surface area contributed by atoms with Crippen molar-refractivity contribution in [2.24, 2.45) is 0 Å². The van der Waals surface area contributed by atoms with Crippen LogP contribution in [0.2, 0.25) is 0 Å². The van der Waals surface area contributed by atoms with Crippen molar-refractivity contribution < 1.29 is 9.90 Å². The Morgan fingerprint density at radius 1 is 0.619 bits per heavy atom. The van der Waals surface area contributed by atoms with Crippen LogP contribution in [0.1, 0.15) is 16.7 Å². The van der Waals surface area contributed by atoms with Crippen LogP contribution in [0.5, 0.6) is 0 Å². The number of hydrogen-bond donors (Lipinski definition) is 1. The summed E-state index contributed by atoms with van der Waals surface area (Å²) in [4.78, 5) is 16.3. The Hall–Kier alpha value is -5.66. The zero-order valence-electron chi connectivity index (χ0n) is 23.5. The van der Waals surface area contributed by atoms with Crippen LogP contribution in [-0.2, 0) is 4.79 Å². The van der Waals surface area contributed by atoms with Gasteiger partial charge < -0.3 is 10.0 Å². The standard InChI is InChI=1S/C38H30N2O2/c1-27-7-13-30(14-8-27)32-17-23-35(24-18-32)40(36-25-19-33(20-26-36)31-15-9-28(2)10-16-31)34-21-11-29(12-22-34)5-4-6-37(39-3)38(41)42/h4-26H,1-2H3,(H,41,42)/b5-4+,37-6-. The Morgan fingerprint density at radius 3 is 1.33 bits per heavy atom. The first-order valence-corrected chi connectivity index (χ1v) is 13.6. The lowest BCUT2D eigenvalue weighted by atomic mass is 10.0. The van der Waals surface area contributed by atoms with Crippen molar-refractivity contribution in [1.82, 2.24) is 0 Å². The molecule has 0 spiro atoms. The molecule has 5 aromatic rings. The van der Waals surface area contributed by atoms with E-state index in [0.29, 0.717) is 0 Å². The Balaban J connectivity index is 1.48. The number of carboxylic acid groups (broad SMARTS) is 1. The molecule has 0 atom stereocenters. The van der Waals surface area contributed by atoms with Gasteiger partial charge in [0.1, 0.15) is 0 Å². The second-order valence-electron chi connectivity index (χ2n) is 10.1. The number of aryl methyl sites for hydroxylation is 2. The van der Waals surface area contributed by atoms with Gasteiger partial charge in [0.25, 0.3) is 5.70 Å². The van der Waals surface area contributed by atoms with E-state index in [1.165, 1.54) is 28.3 Å². The molecule has 5 rings (SSSR count). The Morgan fingerprint density at radius 2 is 0.976 bits per heavy atom. The van der Waals surface area contributed by atoms with E-state index >= 15 is 0 Å². The molecule has 0 heterocycles. The van der Waals surface area contributed by atoms with E-state index < -0.39 is 5.97 Å². The summed E-state index contributed by atoms with van der Waals surface area (Å²) in [5.41, 5.74) is 10.8. The SMILES string of the molecule is [C-]#[N+]/C(=C\C=C\c1ccc(N(c2ccc(-c3ccc(C)cc3)cc2)c2ccc(-c3ccc(C)cc3)cc2)cc1)C(=O)O. The molecule has 204 valence electrons. The van der Waals surface area contributed by atoms with Gasteiger partial charge in [-0.1, -0.05) is 108 Å². The number of aliphatic carboxylic acids is 1. The summed E-state index contributed by atoms with van der Waals surface area (Å²) in [6, 6.07) is 42.3. The number of allylic oxidation sites excluding steroid dienone is 2. The van der Waals surface area contributed by atoms with Crippen molar-refractivity contribution in [2.75, 3.05) is 4.90 Å². The molecule has 0 radical (unpaired) electrons. The van der Waals surface area contributed by atoms with E-state index in [4.69, 9.17) is 11.7 Å². The number of carbonyl (C=O) groups is 1. The van der Waals surface area contributed by atoms with E-state index in [1.807, 2.05) is 24.3 Å². The maximum Gasteiger partial charge on any atom is 0.333 e. The third-order valence-corrected chi connectivity index (χ3v) is 7.05. The van der Waals surface area contributed by atoms with E-state index in [1.54, 1.807) is 12.2 Å². The van der Waals surface area contributed by atoms with Crippen molar-refractivity contribution in [3.63, 3.8) is 0 Å². The van der Waals surface area contributed by atoms with Gasteiger partial charge in [-0.15, -0.1) is 0 Å². The van der Waals surface area contributed by atoms with Gasteiger partial charge in [0.2, 0.25) is 0 Å². The summed E-state index contributed by atoms with van der Waals surface area (Å²) in [7, 11) is 0. The summed E-state index contributed by atoms with van der Waals surface area (Å²) in [5, 5.41) is 9.05. The maximum atomic E-state index is 11.1. The number of benzene rings is 5. The highest BCUT2D eigenvalue weighted by Gasteiger charge is 2.13. The van der Waals surface area contributed by atoms with Crippen molar-refractivity contribution >= 4 is 29.1 Å². The van der Waals surface area contributed by atoms with E-state index in [2.05, 4.69) is 121 Å². The summed E-state index contributed by atoms with van der Waals surface area (Å²) in [6.45, 7) is 11.2. The first-order valence-electron chi connectivity index (χ1n) is 13.6. The number of anilines is 3. The van der Waals surface area contributed by atoms with Crippen LogP contribution in [-0.4, -0.2) is 11.1 Å². The Kier molecular flexibility index (Phi) is 8.42. The fourth-order valence-electron chi connectivity index (χ4n) is 4.69. The minimum atomic E-state index is -1.23. The lowest BCUT2D eigenvalue weighted by molar-refractivity contribution is -0.132. The second kappa shape index (κ2) is 12.7. The molecule has 0 aliphatic heterocycles. The summed E-state index contributed by atoms with van der Waals surface area (Å²) >= 11 is 0. The molecule has 0 saturated carbocycles. The van der Waals surface area contributed by atoms with Crippen molar-refractivity contribution in [2.45, 2.75) is 13.8 Å². The molecule has 0 unspecified atom stereocenters. The van der Waals surface area contributed by atoms with Crippen LogP contribution in [0.25, 0.3) is 33.2 Å². The van der Waals surface area contributed by atoms with Gasteiger partial charge >= 0.3 is 5.97 Å². The number of rotatable bonds is 8. The maximum absolute atomic E-state index is 11.1. The van der Waals surface area contributed by atoms with Gasteiger partial charge in [-0.25, -0.2) is 4.85 Å². The lowest BCUT2D eigenvalue weighted by Crippen LogP contribution is -2.09. The van der Waals surface area contributed by atoms with E-state index in [9.17, 15) is 4.79 Å². The predicted octanol–water partition coefficient (Wildman–Crippen LogP) is 10.0. The quantitative estimate of drug-likeness (QED) is 0.120. The van der Waals surface area contributed by atoms with Gasteiger partial charge in [0.05, 0.1) is 6.57 Å². The molecular weight excluding hydrogens is 516 g/mol. The number of carboxylic acids is 1. The summed E-state index contributed by atoms with van der Waals surface area (Å²) in [6.07, 6.45) is 4.68. The molecule has 4 heteroatoms. The number of hydrogen-bond acceptors (Lipinski definition) is 2. The zero-order chi connectivity index (χ0) is 29.5. The molecule has 0 fully saturated rings. The van der Waals surface area contributed by atoms with Crippen molar-refractivity contribution in [3.05, 3.63) is 167 Å². The van der Waals surface area contributed by atoms with Gasteiger partial charge in [0.15, 0.2) is 0 Å². The van der Waals surface area contributed by atoms with Crippen LogP contribution in [0.15, 0.2) is 139 Å². The number of nitrogens with zero attached hydrogens (tertiary/aromatic N) is 2. The van der Waals surface area contributed by atoms with Crippen LogP contribution in [0.4, 0.5) is 17.1 Å². The van der Waals surface area contributed by atoms with Gasteiger partial charge in [-0.2, -0.15) is 0 Å². The highest BCUT2D eigenvalue weighted by molar-refractivity contribution is 5.89. The molecule has 4 nitrogen and oxygen atoms in total. The van der Waals surface area contributed by atoms with Gasteiger partial charge in [-0.3, -0.25) is 4.79 Å². The molecule has 0 saturated heterocycles. The normalized spacial score (nSPS) is 11.3. The first-order chi connectivity index (χ1) is 20.4. The topological polar surface area (TPSA) is 44.9 Å². The Bertz CT molecular complexity index is 1680. The third kappa shape index (κ3) is 6.55. The molecule has 0 aromatic heterocycles. The molecular formula is C38H30N2O2. The van der Waals surface area contributed by atoms with Gasteiger partial charge in [0, 0.05) is 17.1 Å². The predicted molar refractivity (Wildman–Crippen MR) is 173 cm³/mol. The second-order valence-corrected chi connectivity index (χ2v) is 10.1. The van der Waals surface area contributed by atoms with Gasteiger partial charge in [-0.05, 0) is 84.1 Å². The largest absolute Gasteiger partial charge is 0.486 e. The minimum absolute atomic E-state index is 0.322. The van der Waals surface area contributed by atoms with Crippen LogP contribution in [0.3, 0.4) is 0 Å². The summed E-state index contributed by atoms with van der Waals surface area (Å²) in [5.74, 6) is -1.23. The highest BCUT2D eigenvalue weighted by atomic mass is 16.4. The zero-order valence-corrected chi connectivity index (χ0v) is 23.5. The monoisotopic (exact) mass is 546 g/mol. The Labute approximate surface area is 247 Å². The highest BCUT2D eigenvalue weighted by Crippen LogP contribution is 2.37. The van der Waals surface area contributed by atoms with Crippen molar-refractivity contribution in [3.8, 4) is 22.3 Å². The molecule has 0 aliphatic carbocycles. The first kappa shape index (κ1) is 27.9. The van der Waals surface area contributed by atoms with Crippen LogP contribution in [0, 0.1) is 20.4 Å². The minimum Gasteiger partial charge on any atom is -0.486 e. The lowest BCUT2D eigenvalue weighted by Gasteiger charge is -2.26. The smallest absolute Gasteiger partial charge is 0.333 e. The van der Waals surface area contributed by atoms with Crippen molar-refractivity contribution in [1.29, 1.82) is 0 Å². The molecule has 0 aliphatic rings. The molecule has 42 heavy (non-hydrogen) atoms. The molecule has 1 N–H and O–H groups in total. The average molecular weight is 547 g/mol. The molecule has 0 amide bonds. The summed E-state index contributed by atoms with van der Waals surface area (Å²) < 4.78 is 0. The fraction of sp³-hybridized carbons (Fsp3) is 0.0526.